The molecule has 0 spiro atoms. The number of amides is 2. The average molecular weight is 420 g/mol. The highest BCUT2D eigenvalue weighted by Crippen LogP contribution is 2.17. The molecule has 3 N–H and O–H groups in total. The molecule has 7 nitrogen and oxygen atoms in total. The molecule has 2 unspecified atom stereocenters. The summed E-state index contributed by atoms with van der Waals surface area (Å²) in [5, 5.41) is 8.79. The Morgan fingerprint density at radius 1 is 0.933 bits per heavy atom. The molecule has 0 aromatic heterocycles. The van der Waals surface area contributed by atoms with Crippen LogP contribution >= 0.6 is 0 Å². The molecule has 0 fully saturated rings. The quantitative estimate of drug-likeness (QED) is 0.534. The second-order valence-electron chi connectivity index (χ2n) is 9.29. The molecule has 0 radical (unpaired) electrons. The van der Waals surface area contributed by atoms with Crippen molar-refractivity contribution in [2.45, 2.75) is 80.1 Å². The van der Waals surface area contributed by atoms with Crippen molar-refractivity contribution >= 4 is 23.5 Å². The van der Waals surface area contributed by atoms with Gasteiger partial charge in [0.2, 0.25) is 11.8 Å². The molecular formula is C23H37N3O4. The van der Waals surface area contributed by atoms with Gasteiger partial charge in [-0.15, -0.1) is 0 Å². The normalized spacial score (nSPS) is 13.7. The van der Waals surface area contributed by atoms with Crippen LogP contribution in [0.4, 0.5) is 5.69 Å². The zero-order chi connectivity index (χ0) is 23.1. The summed E-state index contributed by atoms with van der Waals surface area (Å²) >= 11 is 0. The van der Waals surface area contributed by atoms with Crippen molar-refractivity contribution in [2.75, 3.05) is 5.32 Å². The third-order valence-electron chi connectivity index (χ3n) is 4.42. The first-order chi connectivity index (χ1) is 13.8. The molecule has 168 valence electrons. The summed E-state index contributed by atoms with van der Waals surface area (Å²) in [5.74, 6) is -0.668. The third-order valence-corrected chi connectivity index (χ3v) is 4.42. The molecule has 1 rings (SSSR count). The van der Waals surface area contributed by atoms with Crippen LogP contribution in [0.3, 0.4) is 0 Å². The Kier molecular flexibility index (Phi) is 9.49. The van der Waals surface area contributed by atoms with Crippen LogP contribution in [0, 0.1) is 11.3 Å². The predicted octanol–water partition coefficient (Wildman–Crippen LogP) is 3.24. The Hall–Kier alpha value is -2.41. The van der Waals surface area contributed by atoms with Crippen molar-refractivity contribution in [3.63, 3.8) is 0 Å². The highest BCUT2D eigenvalue weighted by molar-refractivity contribution is 5.97. The van der Waals surface area contributed by atoms with Crippen molar-refractivity contribution < 1.29 is 19.1 Å². The van der Waals surface area contributed by atoms with Gasteiger partial charge in [0.15, 0.2) is 0 Å². The lowest BCUT2D eigenvalue weighted by molar-refractivity contribution is -0.154. The lowest BCUT2D eigenvalue weighted by atomic mass is 9.97. The van der Waals surface area contributed by atoms with Crippen LogP contribution in [0.2, 0.25) is 0 Å². The van der Waals surface area contributed by atoms with E-state index in [0.29, 0.717) is 5.69 Å². The van der Waals surface area contributed by atoms with Crippen LogP contribution < -0.4 is 16.0 Å². The van der Waals surface area contributed by atoms with Gasteiger partial charge < -0.3 is 20.7 Å². The van der Waals surface area contributed by atoms with Gasteiger partial charge in [0, 0.05) is 11.7 Å². The first-order valence-electron chi connectivity index (χ1n) is 10.4. The second kappa shape index (κ2) is 11.1. The Morgan fingerprint density at radius 3 is 1.97 bits per heavy atom. The molecule has 0 saturated heterocycles. The van der Waals surface area contributed by atoms with E-state index in [1.54, 1.807) is 52.0 Å². The maximum atomic E-state index is 12.5. The van der Waals surface area contributed by atoms with Crippen LogP contribution in [0.25, 0.3) is 0 Å². The summed E-state index contributed by atoms with van der Waals surface area (Å²) in [4.78, 5) is 36.8. The molecular weight excluding hydrogens is 382 g/mol. The molecule has 30 heavy (non-hydrogen) atoms. The molecule has 0 bridgehead atoms. The number of rotatable bonds is 9. The zero-order valence-electron chi connectivity index (χ0n) is 19.5. The summed E-state index contributed by atoms with van der Waals surface area (Å²) in [6.07, 6.45) is 0. The van der Waals surface area contributed by atoms with Gasteiger partial charge in [0.1, 0.15) is 12.6 Å². The standard InChI is InChI=1S/C23H37N3O4/c1-14(2)19(24-15(3)4)21(28)25-16(5)20(27)26-18-11-9-17(10-12-18)13-30-22(29)23(6,7)8/h9-12,14-16,19,24H,13H2,1-8H3,(H,25,28)(H,26,27). The number of ether oxygens (including phenoxy) is 1. The number of hydrogen-bond donors (Lipinski definition) is 3. The van der Waals surface area contributed by atoms with Gasteiger partial charge in [0.05, 0.1) is 11.5 Å². The molecule has 1 aromatic rings. The Bertz CT molecular complexity index is 721. The molecule has 0 aliphatic carbocycles. The first kappa shape index (κ1) is 25.6. The fourth-order valence-electron chi connectivity index (χ4n) is 2.60. The van der Waals surface area contributed by atoms with Gasteiger partial charge in [-0.25, -0.2) is 0 Å². The summed E-state index contributed by atoms with van der Waals surface area (Å²) < 4.78 is 5.28. The topological polar surface area (TPSA) is 96.5 Å². The summed E-state index contributed by atoms with van der Waals surface area (Å²) in [7, 11) is 0. The fourth-order valence-corrected chi connectivity index (χ4v) is 2.60. The maximum absolute atomic E-state index is 12.5. The maximum Gasteiger partial charge on any atom is 0.311 e. The average Bonchev–Trinajstić information content (AvgIpc) is 2.63. The van der Waals surface area contributed by atoms with Crippen molar-refractivity contribution in [3.8, 4) is 0 Å². The highest BCUT2D eigenvalue weighted by atomic mass is 16.5. The molecule has 0 heterocycles. The van der Waals surface area contributed by atoms with E-state index in [9.17, 15) is 14.4 Å². The number of carbonyl (C=O) groups excluding carboxylic acids is 3. The number of hydrogen-bond acceptors (Lipinski definition) is 5. The number of carbonyl (C=O) groups is 3. The van der Waals surface area contributed by atoms with Gasteiger partial charge >= 0.3 is 5.97 Å². The zero-order valence-corrected chi connectivity index (χ0v) is 19.5. The molecule has 2 atom stereocenters. The van der Waals surface area contributed by atoms with Crippen LogP contribution in [-0.2, 0) is 25.7 Å². The van der Waals surface area contributed by atoms with E-state index in [0.717, 1.165) is 5.56 Å². The van der Waals surface area contributed by atoms with E-state index in [4.69, 9.17) is 4.74 Å². The van der Waals surface area contributed by atoms with Crippen molar-refractivity contribution in [2.24, 2.45) is 11.3 Å². The van der Waals surface area contributed by atoms with Crippen molar-refractivity contribution in [1.82, 2.24) is 10.6 Å². The molecule has 7 heteroatoms. The van der Waals surface area contributed by atoms with Gasteiger partial charge in [-0.2, -0.15) is 0 Å². The van der Waals surface area contributed by atoms with Gasteiger partial charge in [0.25, 0.3) is 0 Å². The predicted molar refractivity (Wildman–Crippen MR) is 119 cm³/mol. The number of esters is 1. The Labute approximate surface area is 180 Å². The monoisotopic (exact) mass is 419 g/mol. The number of nitrogens with one attached hydrogen (secondary N) is 3. The van der Waals surface area contributed by atoms with Crippen molar-refractivity contribution in [3.05, 3.63) is 29.8 Å². The number of anilines is 1. The van der Waals surface area contributed by atoms with E-state index in [1.807, 2.05) is 27.7 Å². The Morgan fingerprint density at radius 2 is 1.50 bits per heavy atom. The van der Waals surface area contributed by atoms with E-state index < -0.39 is 11.5 Å². The van der Waals surface area contributed by atoms with Crippen LogP contribution in [-0.4, -0.2) is 35.9 Å². The molecule has 0 aliphatic rings. The smallest absolute Gasteiger partial charge is 0.311 e. The lowest BCUT2D eigenvalue weighted by Crippen LogP contribution is -2.53. The molecule has 2 amide bonds. The van der Waals surface area contributed by atoms with E-state index in [-0.39, 0.29) is 42.4 Å². The van der Waals surface area contributed by atoms with Gasteiger partial charge in [-0.3, -0.25) is 14.4 Å². The van der Waals surface area contributed by atoms with Crippen LogP contribution in [0.15, 0.2) is 24.3 Å². The van der Waals surface area contributed by atoms with E-state index in [1.165, 1.54) is 0 Å². The van der Waals surface area contributed by atoms with Crippen molar-refractivity contribution in [1.29, 1.82) is 0 Å². The molecule has 1 aromatic carbocycles. The Balaban J connectivity index is 2.61. The van der Waals surface area contributed by atoms with Gasteiger partial charge in [-0.05, 0) is 51.3 Å². The molecule has 0 aliphatic heterocycles. The summed E-state index contributed by atoms with van der Waals surface area (Å²) in [5.41, 5.74) is 0.882. The highest BCUT2D eigenvalue weighted by Gasteiger charge is 2.26. The minimum absolute atomic E-state index is 0.0996. The minimum Gasteiger partial charge on any atom is -0.460 e. The third kappa shape index (κ3) is 8.53. The largest absolute Gasteiger partial charge is 0.460 e. The first-order valence-corrected chi connectivity index (χ1v) is 10.4. The summed E-state index contributed by atoms with van der Waals surface area (Å²) in [6, 6.07) is 6.17. The SMILES string of the molecule is CC(C)NC(C(=O)NC(C)C(=O)Nc1ccc(COC(=O)C(C)(C)C)cc1)C(C)C. The van der Waals surface area contributed by atoms with Gasteiger partial charge in [-0.1, -0.05) is 39.8 Å². The van der Waals surface area contributed by atoms with Crippen LogP contribution in [0.1, 0.15) is 61.0 Å². The van der Waals surface area contributed by atoms with E-state index in [2.05, 4.69) is 16.0 Å². The molecule has 0 saturated carbocycles. The van der Waals surface area contributed by atoms with Crippen LogP contribution in [0.5, 0.6) is 0 Å². The van der Waals surface area contributed by atoms with E-state index >= 15 is 0 Å². The fraction of sp³-hybridized carbons (Fsp3) is 0.609. The second-order valence-corrected chi connectivity index (χ2v) is 9.29. The minimum atomic E-state index is -0.680. The summed E-state index contributed by atoms with van der Waals surface area (Å²) in [6.45, 7) is 15.1. The number of benzene rings is 1. The lowest BCUT2D eigenvalue weighted by Gasteiger charge is -2.25.